The highest BCUT2D eigenvalue weighted by Gasteiger charge is 2.29. The van der Waals surface area contributed by atoms with Gasteiger partial charge >= 0.3 is 6.09 Å². The molecule has 2 aliphatic heterocycles. The number of hydrogen-bond donors (Lipinski definition) is 2. The molecule has 0 atom stereocenters. The summed E-state index contributed by atoms with van der Waals surface area (Å²) in [6, 6.07) is 5.08. The van der Waals surface area contributed by atoms with Gasteiger partial charge in [0, 0.05) is 67.7 Å². The number of nitrogens with zero attached hydrogens (tertiary/aromatic N) is 2. The summed E-state index contributed by atoms with van der Waals surface area (Å²) in [7, 11) is 3.03. The molecular formula is C22H29ClF2N4O3. The first-order valence-corrected chi connectivity index (χ1v) is 11.0. The van der Waals surface area contributed by atoms with Crippen molar-refractivity contribution >= 4 is 29.2 Å². The SMILES string of the molecule is COC(=O)N1CCC(NC2CCOCC2)=C(C(=N)N(C)c2ccc(Cl)c(CC(F)F)c2)C1. The molecule has 10 heteroatoms. The molecule has 1 saturated heterocycles. The smallest absolute Gasteiger partial charge is 0.409 e. The fourth-order valence-corrected chi connectivity index (χ4v) is 4.13. The summed E-state index contributed by atoms with van der Waals surface area (Å²) in [5, 5.41) is 12.7. The van der Waals surface area contributed by atoms with E-state index in [9.17, 15) is 13.6 Å². The molecule has 0 unspecified atom stereocenters. The number of alkyl halides is 2. The lowest BCUT2D eigenvalue weighted by Gasteiger charge is -2.35. The number of carbonyl (C=O) groups is 1. The van der Waals surface area contributed by atoms with Crippen molar-refractivity contribution in [2.75, 3.05) is 45.4 Å². The molecular weight excluding hydrogens is 442 g/mol. The van der Waals surface area contributed by atoms with Crippen molar-refractivity contribution in [1.82, 2.24) is 10.2 Å². The minimum Gasteiger partial charge on any atom is -0.453 e. The number of nitrogens with one attached hydrogen (secondary N) is 2. The van der Waals surface area contributed by atoms with Crippen LogP contribution in [0.5, 0.6) is 0 Å². The van der Waals surface area contributed by atoms with Crippen molar-refractivity contribution in [3.8, 4) is 0 Å². The third kappa shape index (κ3) is 5.89. The molecule has 0 radical (unpaired) electrons. The Bertz CT molecular complexity index is 875. The molecule has 176 valence electrons. The molecule has 0 aromatic heterocycles. The molecule has 32 heavy (non-hydrogen) atoms. The number of likely N-dealkylation sites (N-methyl/N-ethyl adjacent to an activating group) is 1. The highest BCUT2D eigenvalue weighted by molar-refractivity contribution is 6.31. The monoisotopic (exact) mass is 470 g/mol. The number of carbonyl (C=O) groups excluding carboxylic acids is 1. The minimum atomic E-state index is -2.52. The third-order valence-corrected chi connectivity index (χ3v) is 6.16. The van der Waals surface area contributed by atoms with Gasteiger partial charge in [-0.15, -0.1) is 0 Å². The Balaban J connectivity index is 1.87. The van der Waals surface area contributed by atoms with Crippen LogP contribution in [0, 0.1) is 5.41 Å². The summed E-state index contributed by atoms with van der Waals surface area (Å²) >= 11 is 6.08. The largest absolute Gasteiger partial charge is 0.453 e. The van der Waals surface area contributed by atoms with Crippen LogP contribution in [0.15, 0.2) is 29.5 Å². The minimum absolute atomic E-state index is 0.179. The first-order chi connectivity index (χ1) is 15.3. The lowest BCUT2D eigenvalue weighted by molar-refractivity contribution is 0.0796. The second kappa shape index (κ2) is 11.0. The molecule has 7 nitrogen and oxygen atoms in total. The van der Waals surface area contributed by atoms with Crippen LogP contribution < -0.4 is 10.2 Å². The van der Waals surface area contributed by atoms with Gasteiger partial charge in [-0.25, -0.2) is 13.6 Å². The van der Waals surface area contributed by atoms with Crippen molar-refractivity contribution in [1.29, 1.82) is 5.41 Å². The summed E-state index contributed by atoms with van der Waals surface area (Å²) < 4.78 is 36.1. The molecule has 0 bridgehead atoms. The first kappa shape index (κ1) is 24.3. The lowest BCUT2D eigenvalue weighted by Crippen LogP contribution is -2.45. The van der Waals surface area contributed by atoms with Crippen LogP contribution in [0.3, 0.4) is 0 Å². The molecule has 1 aromatic rings. The molecule has 2 heterocycles. The number of anilines is 1. The Labute approximate surface area is 191 Å². The van der Waals surface area contributed by atoms with Gasteiger partial charge in [-0.3, -0.25) is 5.41 Å². The number of hydrogen-bond acceptors (Lipinski definition) is 5. The van der Waals surface area contributed by atoms with E-state index in [1.807, 2.05) is 0 Å². The van der Waals surface area contributed by atoms with Crippen molar-refractivity contribution in [3.05, 3.63) is 40.1 Å². The predicted octanol–water partition coefficient (Wildman–Crippen LogP) is 4.06. The van der Waals surface area contributed by atoms with Crippen molar-refractivity contribution in [2.45, 2.75) is 38.2 Å². The van der Waals surface area contributed by atoms with E-state index in [2.05, 4.69) is 5.32 Å². The molecule has 1 amide bonds. The maximum Gasteiger partial charge on any atom is 0.409 e. The van der Waals surface area contributed by atoms with Crippen LogP contribution in [0.25, 0.3) is 0 Å². The van der Waals surface area contributed by atoms with Crippen LogP contribution >= 0.6 is 11.6 Å². The number of ether oxygens (including phenoxy) is 2. The number of methoxy groups -OCH3 is 1. The molecule has 0 saturated carbocycles. The summed E-state index contributed by atoms with van der Waals surface area (Å²) in [5.74, 6) is 0.179. The number of rotatable bonds is 6. The number of halogens is 3. The predicted molar refractivity (Wildman–Crippen MR) is 120 cm³/mol. The van der Waals surface area contributed by atoms with E-state index in [4.69, 9.17) is 26.5 Å². The standard InChI is InChI=1S/C22H29ClF2N4O3/c1-28(16-3-4-18(23)14(11-16)12-20(24)25)21(26)17-13-29(22(30)31-2)8-5-19(17)27-15-6-9-32-10-7-15/h3-4,11,15,20,26-27H,5-10,12-13H2,1-2H3. The summed E-state index contributed by atoms with van der Waals surface area (Å²) in [4.78, 5) is 15.3. The maximum atomic E-state index is 12.9. The first-order valence-electron chi connectivity index (χ1n) is 10.6. The molecule has 1 fully saturated rings. The van der Waals surface area contributed by atoms with Gasteiger partial charge in [0.1, 0.15) is 5.84 Å². The van der Waals surface area contributed by atoms with Gasteiger partial charge in [0.15, 0.2) is 0 Å². The molecule has 0 aliphatic carbocycles. The van der Waals surface area contributed by atoms with E-state index in [0.717, 1.165) is 18.5 Å². The molecule has 2 aliphatic rings. The molecule has 1 aromatic carbocycles. The van der Waals surface area contributed by atoms with Gasteiger partial charge in [0.2, 0.25) is 6.43 Å². The average Bonchev–Trinajstić information content (AvgIpc) is 2.79. The number of amides is 1. The second-order valence-electron chi connectivity index (χ2n) is 7.91. The highest BCUT2D eigenvalue weighted by atomic mass is 35.5. The Morgan fingerprint density at radius 3 is 2.78 bits per heavy atom. The van der Waals surface area contributed by atoms with Gasteiger partial charge in [-0.05, 0) is 36.6 Å². The van der Waals surface area contributed by atoms with Crippen LogP contribution in [-0.4, -0.2) is 69.8 Å². The number of benzene rings is 1. The third-order valence-electron chi connectivity index (χ3n) is 5.79. The normalized spacial score (nSPS) is 17.5. The highest BCUT2D eigenvalue weighted by Crippen LogP contribution is 2.27. The second-order valence-corrected chi connectivity index (χ2v) is 8.32. The van der Waals surface area contributed by atoms with Gasteiger partial charge in [-0.2, -0.15) is 0 Å². The van der Waals surface area contributed by atoms with Gasteiger partial charge in [-0.1, -0.05) is 11.6 Å². The van der Waals surface area contributed by atoms with E-state index >= 15 is 0 Å². The Morgan fingerprint density at radius 2 is 2.12 bits per heavy atom. The Kier molecular flexibility index (Phi) is 8.31. The van der Waals surface area contributed by atoms with E-state index in [1.54, 1.807) is 35.0 Å². The maximum absolute atomic E-state index is 12.9. The van der Waals surface area contributed by atoms with Gasteiger partial charge < -0.3 is 24.6 Å². The summed E-state index contributed by atoms with van der Waals surface area (Å²) in [6.45, 7) is 2.07. The topological polar surface area (TPSA) is 77.9 Å². The zero-order valence-electron chi connectivity index (χ0n) is 18.3. The molecule has 0 spiro atoms. The van der Waals surface area contributed by atoms with Crippen LogP contribution in [0.4, 0.5) is 19.3 Å². The average molecular weight is 471 g/mol. The zero-order chi connectivity index (χ0) is 23.3. The van der Waals surface area contributed by atoms with E-state index < -0.39 is 18.9 Å². The van der Waals surface area contributed by atoms with Crippen LogP contribution in [0.1, 0.15) is 24.8 Å². The zero-order valence-corrected chi connectivity index (χ0v) is 19.1. The van der Waals surface area contributed by atoms with E-state index in [0.29, 0.717) is 43.0 Å². The van der Waals surface area contributed by atoms with E-state index in [-0.39, 0.29) is 23.4 Å². The van der Waals surface area contributed by atoms with Gasteiger partial charge in [0.25, 0.3) is 0 Å². The molecule has 2 N–H and O–H groups in total. The number of amidine groups is 1. The fourth-order valence-electron chi connectivity index (χ4n) is 3.94. The van der Waals surface area contributed by atoms with Crippen molar-refractivity contribution in [2.24, 2.45) is 0 Å². The van der Waals surface area contributed by atoms with Crippen molar-refractivity contribution in [3.63, 3.8) is 0 Å². The summed E-state index contributed by atoms with van der Waals surface area (Å²) in [6.07, 6.45) is -1.12. The van der Waals surface area contributed by atoms with Crippen LogP contribution in [0.2, 0.25) is 5.02 Å². The van der Waals surface area contributed by atoms with E-state index in [1.165, 1.54) is 7.11 Å². The quantitative estimate of drug-likeness (QED) is 0.484. The fraction of sp³-hybridized carbons (Fsp3) is 0.545. The Hall–Kier alpha value is -2.39. The van der Waals surface area contributed by atoms with Gasteiger partial charge in [0.05, 0.1) is 13.7 Å². The lowest BCUT2D eigenvalue weighted by atomic mass is 10.0. The molecule has 3 rings (SSSR count). The Morgan fingerprint density at radius 1 is 1.41 bits per heavy atom. The van der Waals surface area contributed by atoms with Crippen LogP contribution in [-0.2, 0) is 15.9 Å². The summed E-state index contributed by atoms with van der Waals surface area (Å²) in [5.41, 5.74) is 2.48. The van der Waals surface area contributed by atoms with Crippen molar-refractivity contribution < 1.29 is 23.0 Å².